The zero-order valence-corrected chi connectivity index (χ0v) is 10.3. The second kappa shape index (κ2) is 5.35. The molecule has 2 heterocycles. The van der Waals surface area contributed by atoms with Gasteiger partial charge in [-0.3, -0.25) is 4.98 Å². The van der Waals surface area contributed by atoms with E-state index in [1.807, 2.05) is 19.1 Å². The number of rotatable bonds is 4. The van der Waals surface area contributed by atoms with Crippen molar-refractivity contribution in [2.75, 3.05) is 12.4 Å². The average molecular weight is 246 g/mol. The van der Waals surface area contributed by atoms with Gasteiger partial charge in [0, 0.05) is 17.8 Å². The summed E-state index contributed by atoms with van der Waals surface area (Å²) in [6, 6.07) is 5.58. The molecule has 2 aromatic rings. The van der Waals surface area contributed by atoms with E-state index in [2.05, 4.69) is 15.0 Å². The molecule has 0 spiro atoms. The normalized spacial score (nSPS) is 10.1. The van der Waals surface area contributed by atoms with Crippen LogP contribution in [0.25, 0.3) is 0 Å². The molecule has 0 aromatic carbocycles. The fourth-order valence-corrected chi connectivity index (χ4v) is 1.52. The van der Waals surface area contributed by atoms with Crippen LogP contribution in [0.1, 0.15) is 21.8 Å². The molecule has 0 atom stereocenters. The maximum Gasteiger partial charge on any atom is 0.374 e. The molecule has 0 fully saturated rings. The van der Waals surface area contributed by atoms with Gasteiger partial charge in [-0.15, -0.1) is 0 Å². The third-order valence-corrected chi connectivity index (χ3v) is 2.51. The van der Waals surface area contributed by atoms with Gasteiger partial charge in [0.05, 0.1) is 25.3 Å². The van der Waals surface area contributed by atoms with Gasteiger partial charge in [-0.1, -0.05) is 0 Å². The number of methoxy groups -OCH3 is 1. The van der Waals surface area contributed by atoms with Gasteiger partial charge < -0.3 is 14.5 Å². The van der Waals surface area contributed by atoms with Gasteiger partial charge in [-0.05, 0) is 25.1 Å². The second-order valence-corrected chi connectivity index (χ2v) is 3.81. The standard InChI is InChI=1S/C13H14N2O3/c1-9-3-4-11(8-14-9)15-7-10-5-6-18-12(10)13(16)17-2/h3-6,8,15H,7H2,1-2H3. The van der Waals surface area contributed by atoms with Gasteiger partial charge in [0.15, 0.2) is 0 Å². The Labute approximate surface area is 105 Å². The van der Waals surface area contributed by atoms with Crippen molar-refractivity contribution in [2.24, 2.45) is 0 Å². The van der Waals surface area contributed by atoms with E-state index in [9.17, 15) is 4.79 Å². The predicted octanol–water partition coefficient (Wildman–Crippen LogP) is 2.38. The highest BCUT2D eigenvalue weighted by atomic mass is 16.5. The molecule has 0 radical (unpaired) electrons. The van der Waals surface area contributed by atoms with Gasteiger partial charge in [0.1, 0.15) is 0 Å². The molecule has 0 saturated carbocycles. The number of aromatic nitrogens is 1. The van der Waals surface area contributed by atoms with Crippen LogP contribution in [0.15, 0.2) is 35.1 Å². The van der Waals surface area contributed by atoms with Crippen molar-refractivity contribution < 1.29 is 13.9 Å². The molecule has 0 aliphatic carbocycles. The fraction of sp³-hybridized carbons (Fsp3) is 0.231. The lowest BCUT2D eigenvalue weighted by Crippen LogP contribution is -2.06. The van der Waals surface area contributed by atoms with Crippen molar-refractivity contribution in [3.05, 3.63) is 47.7 Å². The van der Waals surface area contributed by atoms with Crippen molar-refractivity contribution in [1.29, 1.82) is 0 Å². The van der Waals surface area contributed by atoms with E-state index in [-0.39, 0.29) is 5.76 Å². The quantitative estimate of drug-likeness (QED) is 0.839. The molecule has 18 heavy (non-hydrogen) atoms. The highest BCUT2D eigenvalue weighted by Crippen LogP contribution is 2.14. The molecule has 94 valence electrons. The van der Waals surface area contributed by atoms with E-state index in [1.54, 1.807) is 12.3 Å². The molecule has 0 aliphatic heterocycles. The van der Waals surface area contributed by atoms with Crippen molar-refractivity contribution in [1.82, 2.24) is 4.98 Å². The smallest absolute Gasteiger partial charge is 0.374 e. The van der Waals surface area contributed by atoms with E-state index < -0.39 is 5.97 Å². The Morgan fingerprint density at radius 2 is 2.28 bits per heavy atom. The number of hydrogen-bond acceptors (Lipinski definition) is 5. The van der Waals surface area contributed by atoms with Gasteiger partial charge in [0.2, 0.25) is 5.76 Å². The first-order chi connectivity index (χ1) is 8.70. The summed E-state index contributed by atoms with van der Waals surface area (Å²) in [4.78, 5) is 15.6. The topological polar surface area (TPSA) is 64.4 Å². The van der Waals surface area contributed by atoms with E-state index in [0.29, 0.717) is 6.54 Å². The van der Waals surface area contributed by atoms with Gasteiger partial charge in [-0.25, -0.2) is 4.79 Å². The molecule has 5 nitrogen and oxygen atoms in total. The zero-order chi connectivity index (χ0) is 13.0. The summed E-state index contributed by atoms with van der Waals surface area (Å²) in [6.07, 6.45) is 3.21. The minimum Gasteiger partial charge on any atom is -0.463 e. The van der Waals surface area contributed by atoms with Gasteiger partial charge in [0.25, 0.3) is 0 Å². The molecule has 2 aromatic heterocycles. The number of anilines is 1. The molecule has 1 N–H and O–H groups in total. The van der Waals surface area contributed by atoms with Crippen molar-refractivity contribution >= 4 is 11.7 Å². The highest BCUT2D eigenvalue weighted by molar-refractivity contribution is 5.87. The number of aryl methyl sites for hydroxylation is 1. The number of carbonyl (C=O) groups is 1. The molecule has 2 rings (SSSR count). The van der Waals surface area contributed by atoms with Crippen molar-refractivity contribution in [3.8, 4) is 0 Å². The number of nitrogens with one attached hydrogen (secondary N) is 1. The SMILES string of the molecule is COC(=O)c1occc1CNc1ccc(C)nc1. The van der Waals surface area contributed by atoms with Crippen LogP contribution in [-0.2, 0) is 11.3 Å². The summed E-state index contributed by atoms with van der Waals surface area (Å²) >= 11 is 0. The number of nitrogens with zero attached hydrogens (tertiary/aromatic N) is 1. The van der Waals surface area contributed by atoms with Crippen LogP contribution < -0.4 is 5.32 Å². The highest BCUT2D eigenvalue weighted by Gasteiger charge is 2.15. The lowest BCUT2D eigenvalue weighted by molar-refractivity contribution is 0.0563. The van der Waals surface area contributed by atoms with Crippen LogP contribution in [0.2, 0.25) is 0 Å². The summed E-state index contributed by atoms with van der Waals surface area (Å²) in [5, 5.41) is 3.16. The van der Waals surface area contributed by atoms with E-state index >= 15 is 0 Å². The van der Waals surface area contributed by atoms with E-state index in [4.69, 9.17) is 4.42 Å². The lowest BCUT2D eigenvalue weighted by Gasteiger charge is -2.05. The minimum absolute atomic E-state index is 0.227. The van der Waals surface area contributed by atoms with Crippen molar-refractivity contribution in [2.45, 2.75) is 13.5 Å². The van der Waals surface area contributed by atoms with E-state index in [1.165, 1.54) is 13.4 Å². The molecule has 0 bridgehead atoms. The lowest BCUT2D eigenvalue weighted by atomic mass is 10.2. The molecular formula is C13H14N2O3. The number of carbonyl (C=O) groups excluding carboxylic acids is 1. The summed E-state index contributed by atoms with van der Waals surface area (Å²) in [5.41, 5.74) is 2.60. The largest absolute Gasteiger partial charge is 0.463 e. The summed E-state index contributed by atoms with van der Waals surface area (Å²) in [5.74, 6) is -0.246. The molecule has 0 aliphatic rings. The first kappa shape index (κ1) is 12.2. The van der Waals surface area contributed by atoms with Crippen LogP contribution >= 0.6 is 0 Å². The third kappa shape index (κ3) is 2.68. The summed E-state index contributed by atoms with van der Waals surface area (Å²) in [6.45, 7) is 2.40. The Bertz CT molecular complexity index is 531. The van der Waals surface area contributed by atoms with Crippen molar-refractivity contribution in [3.63, 3.8) is 0 Å². The van der Waals surface area contributed by atoms with Gasteiger partial charge >= 0.3 is 5.97 Å². The molecular weight excluding hydrogens is 232 g/mol. The monoisotopic (exact) mass is 246 g/mol. The first-order valence-electron chi connectivity index (χ1n) is 5.52. The predicted molar refractivity (Wildman–Crippen MR) is 66.3 cm³/mol. The first-order valence-corrected chi connectivity index (χ1v) is 5.52. The second-order valence-electron chi connectivity index (χ2n) is 3.81. The van der Waals surface area contributed by atoms with Crippen LogP contribution in [-0.4, -0.2) is 18.1 Å². The Hall–Kier alpha value is -2.30. The van der Waals surface area contributed by atoms with Crippen LogP contribution in [0.5, 0.6) is 0 Å². The Balaban J connectivity index is 2.04. The number of furan rings is 1. The van der Waals surface area contributed by atoms with Crippen LogP contribution in [0, 0.1) is 6.92 Å². The van der Waals surface area contributed by atoms with E-state index in [0.717, 1.165) is 16.9 Å². The fourth-order valence-electron chi connectivity index (χ4n) is 1.52. The molecule has 0 saturated heterocycles. The maximum absolute atomic E-state index is 11.4. The maximum atomic E-state index is 11.4. The van der Waals surface area contributed by atoms with Gasteiger partial charge in [-0.2, -0.15) is 0 Å². The molecule has 0 unspecified atom stereocenters. The Morgan fingerprint density at radius 1 is 1.44 bits per heavy atom. The summed E-state index contributed by atoms with van der Waals surface area (Å²) < 4.78 is 9.72. The molecule has 5 heteroatoms. The van der Waals surface area contributed by atoms with Crippen LogP contribution in [0.4, 0.5) is 5.69 Å². The summed E-state index contributed by atoms with van der Waals surface area (Å²) in [7, 11) is 1.33. The number of esters is 1. The number of pyridine rings is 1. The van der Waals surface area contributed by atoms with Crippen LogP contribution in [0.3, 0.4) is 0 Å². The zero-order valence-electron chi connectivity index (χ0n) is 10.3. The number of hydrogen-bond donors (Lipinski definition) is 1. The number of ether oxygens (including phenoxy) is 1. The molecule has 0 amide bonds. The average Bonchev–Trinajstić information content (AvgIpc) is 2.85. The minimum atomic E-state index is -0.473. The Morgan fingerprint density at radius 3 is 2.94 bits per heavy atom. The Kier molecular flexibility index (Phi) is 3.62. The third-order valence-electron chi connectivity index (χ3n) is 2.51.